The standard InChI is InChI=1S/C20H24N2O2S/c1-13(2)21-19(23)12-25-18-8-6-5-7-16(18)20(24)22-17-10-9-14(3)11-15(17)4/h5-11,13H,12H2,1-4H3,(H,21,23)(H,22,24). The molecule has 0 bridgehead atoms. The molecule has 2 aromatic rings. The number of benzene rings is 2. The number of thioether (sulfide) groups is 1. The smallest absolute Gasteiger partial charge is 0.256 e. The molecule has 0 unspecified atom stereocenters. The summed E-state index contributed by atoms with van der Waals surface area (Å²) in [5, 5.41) is 5.82. The summed E-state index contributed by atoms with van der Waals surface area (Å²) in [4.78, 5) is 25.3. The molecule has 0 spiro atoms. The van der Waals surface area contributed by atoms with E-state index in [2.05, 4.69) is 10.6 Å². The predicted octanol–water partition coefficient (Wildman–Crippen LogP) is 4.17. The zero-order valence-electron chi connectivity index (χ0n) is 15.1. The molecule has 0 aliphatic rings. The summed E-state index contributed by atoms with van der Waals surface area (Å²) in [5.41, 5.74) is 3.55. The summed E-state index contributed by atoms with van der Waals surface area (Å²) < 4.78 is 0. The fourth-order valence-electron chi connectivity index (χ4n) is 2.43. The van der Waals surface area contributed by atoms with Crippen molar-refractivity contribution in [1.29, 1.82) is 0 Å². The summed E-state index contributed by atoms with van der Waals surface area (Å²) in [5.74, 6) is 0.0791. The van der Waals surface area contributed by atoms with E-state index in [4.69, 9.17) is 0 Å². The van der Waals surface area contributed by atoms with Gasteiger partial charge in [-0.25, -0.2) is 0 Å². The molecule has 2 N–H and O–H groups in total. The molecule has 0 saturated heterocycles. The first-order valence-electron chi connectivity index (χ1n) is 8.26. The highest BCUT2D eigenvalue weighted by atomic mass is 32.2. The Morgan fingerprint density at radius 2 is 1.80 bits per heavy atom. The first-order chi connectivity index (χ1) is 11.9. The Kier molecular flexibility index (Phi) is 6.65. The largest absolute Gasteiger partial charge is 0.353 e. The second kappa shape index (κ2) is 8.72. The van der Waals surface area contributed by atoms with E-state index in [0.717, 1.165) is 21.7 Å². The van der Waals surface area contributed by atoms with Crippen LogP contribution in [0.3, 0.4) is 0 Å². The van der Waals surface area contributed by atoms with Gasteiger partial charge < -0.3 is 10.6 Å². The van der Waals surface area contributed by atoms with Crippen molar-refractivity contribution in [3.63, 3.8) is 0 Å². The zero-order chi connectivity index (χ0) is 18.4. The third-order valence-electron chi connectivity index (χ3n) is 3.57. The Morgan fingerprint density at radius 1 is 1.08 bits per heavy atom. The minimum atomic E-state index is -0.167. The molecule has 0 atom stereocenters. The van der Waals surface area contributed by atoms with Crippen molar-refractivity contribution >= 4 is 29.3 Å². The fourth-order valence-corrected chi connectivity index (χ4v) is 3.29. The molecule has 132 valence electrons. The van der Waals surface area contributed by atoms with Gasteiger partial charge in [0.15, 0.2) is 0 Å². The molecule has 0 heterocycles. The van der Waals surface area contributed by atoms with Crippen molar-refractivity contribution in [1.82, 2.24) is 5.32 Å². The highest BCUT2D eigenvalue weighted by Gasteiger charge is 2.14. The fraction of sp³-hybridized carbons (Fsp3) is 0.300. The zero-order valence-corrected chi connectivity index (χ0v) is 15.9. The van der Waals surface area contributed by atoms with Crippen LogP contribution in [0.5, 0.6) is 0 Å². The Hall–Kier alpha value is -2.27. The molecule has 2 rings (SSSR count). The van der Waals surface area contributed by atoms with E-state index in [-0.39, 0.29) is 23.6 Å². The predicted molar refractivity (Wildman–Crippen MR) is 104 cm³/mol. The second-order valence-electron chi connectivity index (χ2n) is 6.28. The van der Waals surface area contributed by atoms with Crippen LogP contribution in [0.4, 0.5) is 5.69 Å². The van der Waals surface area contributed by atoms with Crippen molar-refractivity contribution in [2.75, 3.05) is 11.1 Å². The number of carbonyl (C=O) groups is 2. The molecule has 0 aliphatic heterocycles. The molecule has 25 heavy (non-hydrogen) atoms. The number of anilines is 1. The quantitative estimate of drug-likeness (QED) is 0.764. The number of hydrogen-bond acceptors (Lipinski definition) is 3. The van der Waals surface area contributed by atoms with Gasteiger partial charge in [0.25, 0.3) is 5.91 Å². The van der Waals surface area contributed by atoms with Gasteiger partial charge in [0.2, 0.25) is 5.91 Å². The summed E-state index contributed by atoms with van der Waals surface area (Å²) >= 11 is 1.37. The highest BCUT2D eigenvalue weighted by molar-refractivity contribution is 8.00. The topological polar surface area (TPSA) is 58.2 Å². The van der Waals surface area contributed by atoms with Crippen LogP contribution in [0.25, 0.3) is 0 Å². The monoisotopic (exact) mass is 356 g/mol. The lowest BCUT2D eigenvalue weighted by atomic mass is 10.1. The maximum atomic E-state index is 12.7. The molecule has 2 aromatic carbocycles. The van der Waals surface area contributed by atoms with Gasteiger partial charge >= 0.3 is 0 Å². The van der Waals surface area contributed by atoms with Gasteiger partial charge in [0.1, 0.15) is 0 Å². The number of nitrogens with one attached hydrogen (secondary N) is 2. The summed E-state index contributed by atoms with van der Waals surface area (Å²) in [6.45, 7) is 7.84. The summed E-state index contributed by atoms with van der Waals surface area (Å²) in [6.07, 6.45) is 0. The van der Waals surface area contributed by atoms with Gasteiger partial charge in [-0.05, 0) is 51.5 Å². The van der Waals surface area contributed by atoms with Gasteiger partial charge in [-0.2, -0.15) is 0 Å². The molecule has 0 aromatic heterocycles. The molecule has 0 fully saturated rings. The minimum absolute atomic E-state index is 0.0374. The highest BCUT2D eigenvalue weighted by Crippen LogP contribution is 2.24. The Labute approximate surface area is 153 Å². The van der Waals surface area contributed by atoms with Crippen LogP contribution in [0.2, 0.25) is 0 Å². The van der Waals surface area contributed by atoms with E-state index in [1.165, 1.54) is 11.8 Å². The summed E-state index contributed by atoms with van der Waals surface area (Å²) in [7, 11) is 0. The van der Waals surface area contributed by atoms with Crippen LogP contribution in [0.1, 0.15) is 35.3 Å². The van der Waals surface area contributed by atoms with Crippen molar-refractivity contribution in [3.05, 3.63) is 59.2 Å². The van der Waals surface area contributed by atoms with Crippen molar-refractivity contribution in [2.45, 2.75) is 38.6 Å². The second-order valence-corrected chi connectivity index (χ2v) is 7.30. The average Bonchev–Trinajstić information content (AvgIpc) is 2.55. The third-order valence-corrected chi connectivity index (χ3v) is 4.64. The lowest BCUT2D eigenvalue weighted by Crippen LogP contribution is -2.31. The Morgan fingerprint density at radius 3 is 2.48 bits per heavy atom. The first kappa shape index (κ1) is 19.1. The Balaban J connectivity index is 2.10. The normalized spacial score (nSPS) is 10.6. The maximum absolute atomic E-state index is 12.7. The molecular weight excluding hydrogens is 332 g/mol. The van der Waals surface area contributed by atoms with E-state index in [1.807, 2.05) is 64.1 Å². The van der Waals surface area contributed by atoms with E-state index in [0.29, 0.717) is 5.56 Å². The van der Waals surface area contributed by atoms with E-state index < -0.39 is 0 Å². The number of aryl methyl sites for hydroxylation is 2. The molecule has 2 amide bonds. The Bertz CT molecular complexity index is 772. The minimum Gasteiger partial charge on any atom is -0.353 e. The molecular formula is C20H24N2O2S. The molecule has 0 aliphatic carbocycles. The third kappa shape index (κ3) is 5.64. The van der Waals surface area contributed by atoms with Crippen LogP contribution in [-0.2, 0) is 4.79 Å². The maximum Gasteiger partial charge on any atom is 0.256 e. The van der Waals surface area contributed by atoms with Gasteiger partial charge in [-0.3, -0.25) is 9.59 Å². The van der Waals surface area contributed by atoms with Crippen molar-refractivity contribution in [2.24, 2.45) is 0 Å². The molecule has 0 radical (unpaired) electrons. The number of hydrogen-bond donors (Lipinski definition) is 2. The van der Waals surface area contributed by atoms with Crippen LogP contribution in [-0.4, -0.2) is 23.6 Å². The van der Waals surface area contributed by atoms with Crippen LogP contribution in [0, 0.1) is 13.8 Å². The summed E-state index contributed by atoms with van der Waals surface area (Å²) in [6, 6.07) is 13.4. The molecule has 5 heteroatoms. The van der Waals surface area contributed by atoms with Gasteiger partial charge in [0.05, 0.1) is 11.3 Å². The molecule has 4 nitrogen and oxygen atoms in total. The van der Waals surface area contributed by atoms with Crippen LogP contribution >= 0.6 is 11.8 Å². The van der Waals surface area contributed by atoms with Gasteiger partial charge in [-0.1, -0.05) is 29.8 Å². The number of amides is 2. The lowest BCUT2D eigenvalue weighted by Gasteiger charge is -2.12. The van der Waals surface area contributed by atoms with Crippen LogP contribution < -0.4 is 10.6 Å². The van der Waals surface area contributed by atoms with E-state index in [1.54, 1.807) is 6.07 Å². The lowest BCUT2D eigenvalue weighted by molar-refractivity contribution is -0.119. The number of rotatable bonds is 6. The molecule has 0 saturated carbocycles. The van der Waals surface area contributed by atoms with Crippen LogP contribution in [0.15, 0.2) is 47.4 Å². The van der Waals surface area contributed by atoms with E-state index in [9.17, 15) is 9.59 Å². The van der Waals surface area contributed by atoms with Crippen molar-refractivity contribution in [3.8, 4) is 0 Å². The average molecular weight is 356 g/mol. The van der Waals surface area contributed by atoms with Crippen molar-refractivity contribution < 1.29 is 9.59 Å². The van der Waals surface area contributed by atoms with Gasteiger partial charge in [0, 0.05) is 16.6 Å². The number of carbonyl (C=O) groups excluding carboxylic acids is 2. The SMILES string of the molecule is Cc1ccc(NC(=O)c2ccccc2SCC(=O)NC(C)C)c(C)c1. The van der Waals surface area contributed by atoms with Gasteiger partial charge in [-0.15, -0.1) is 11.8 Å². The van der Waals surface area contributed by atoms with E-state index >= 15 is 0 Å². The first-order valence-corrected chi connectivity index (χ1v) is 9.25.